The van der Waals surface area contributed by atoms with E-state index < -0.39 is 0 Å². The smallest absolute Gasteiger partial charge is 0.255 e. The molecule has 37 heavy (non-hydrogen) atoms. The average Bonchev–Trinajstić information content (AvgIpc) is 3.30. The van der Waals surface area contributed by atoms with Crippen LogP contribution < -0.4 is 15.5 Å². The number of aromatic nitrogens is 4. The van der Waals surface area contributed by atoms with Crippen molar-refractivity contribution >= 4 is 50.9 Å². The van der Waals surface area contributed by atoms with Crippen LogP contribution in [0, 0.1) is 13.8 Å². The first-order chi connectivity index (χ1) is 18.0. The number of nitrogens with zero attached hydrogens (tertiary/aromatic N) is 4. The van der Waals surface area contributed by atoms with Crippen LogP contribution in [-0.2, 0) is 4.74 Å². The normalized spacial score (nSPS) is 13.7. The fourth-order valence-electron chi connectivity index (χ4n) is 4.66. The van der Waals surface area contributed by atoms with Crippen LogP contribution in [0.1, 0.15) is 21.7 Å². The third kappa shape index (κ3) is 4.68. The van der Waals surface area contributed by atoms with Gasteiger partial charge in [-0.25, -0.2) is 15.0 Å². The molecule has 3 aromatic carbocycles. The van der Waals surface area contributed by atoms with Crippen LogP contribution in [0.15, 0.2) is 60.8 Å². The van der Waals surface area contributed by atoms with E-state index in [0.29, 0.717) is 35.9 Å². The van der Waals surface area contributed by atoms with Crippen molar-refractivity contribution in [3.05, 3.63) is 77.7 Å². The summed E-state index contributed by atoms with van der Waals surface area (Å²) in [5.41, 5.74) is 6.39. The molecule has 0 bridgehead atoms. The number of ether oxygens (including phenoxy) is 1. The highest BCUT2D eigenvalue weighted by Gasteiger charge is 2.16. The predicted octanol–water partition coefficient (Wildman–Crippen LogP) is 4.96. The topological polar surface area (TPSA) is 108 Å². The van der Waals surface area contributed by atoms with E-state index in [-0.39, 0.29) is 5.91 Å². The molecule has 0 radical (unpaired) electrons. The first-order valence-electron chi connectivity index (χ1n) is 12.3. The number of aromatic amines is 1. The largest absolute Gasteiger partial charge is 0.378 e. The number of hydrogen-bond acceptors (Lipinski definition) is 7. The number of para-hydroxylation sites is 1. The van der Waals surface area contributed by atoms with Gasteiger partial charge < -0.3 is 25.3 Å². The summed E-state index contributed by atoms with van der Waals surface area (Å²) in [6, 6.07) is 17.5. The number of amides is 1. The molecule has 1 aliphatic heterocycles. The van der Waals surface area contributed by atoms with Gasteiger partial charge >= 0.3 is 0 Å². The Labute approximate surface area is 213 Å². The summed E-state index contributed by atoms with van der Waals surface area (Å²) in [7, 11) is 0. The van der Waals surface area contributed by atoms with E-state index >= 15 is 0 Å². The van der Waals surface area contributed by atoms with Gasteiger partial charge in [0.2, 0.25) is 5.95 Å². The van der Waals surface area contributed by atoms with Gasteiger partial charge in [-0.1, -0.05) is 24.3 Å². The summed E-state index contributed by atoms with van der Waals surface area (Å²) in [5.74, 6) is 1.04. The predicted molar refractivity (Wildman–Crippen MR) is 146 cm³/mol. The lowest BCUT2D eigenvalue weighted by molar-refractivity contribution is 0.102. The summed E-state index contributed by atoms with van der Waals surface area (Å²) in [6.07, 6.45) is 1.81. The van der Waals surface area contributed by atoms with Gasteiger partial charge in [-0.05, 0) is 49.7 Å². The first kappa shape index (κ1) is 22.9. The molecule has 3 N–H and O–H groups in total. The molecule has 3 heterocycles. The highest BCUT2D eigenvalue weighted by molar-refractivity contribution is 6.09. The van der Waals surface area contributed by atoms with Gasteiger partial charge in [0.05, 0.1) is 29.9 Å². The Hall–Kier alpha value is -4.50. The summed E-state index contributed by atoms with van der Waals surface area (Å²) in [4.78, 5) is 32.6. The van der Waals surface area contributed by atoms with Gasteiger partial charge in [-0.15, -0.1) is 0 Å². The zero-order valence-corrected chi connectivity index (χ0v) is 20.7. The van der Waals surface area contributed by atoms with Crippen LogP contribution in [0.3, 0.4) is 0 Å². The Kier molecular flexibility index (Phi) is 5.90. The number of morpholine rings is 1. The minimum absolute atomic E-state index is 0.202. The molecule has 6 rings (SSSR count). The van der Waals surface area contributed by atoms with Crippen molar-refractivity contribution in [3.63, 3.8) is 0 Å². The zero-order valence-electron chi connectivity index (χ0n) is 20.7. The molecule has 1 fully saturated rings. The maximum Gasteiger partial charge on any atom is 0.255 e. The molecule has 1 aliphatic rings. The van der Waals surface area contributed by atoms with E-state index in [1.165, 1.54) is 0 Å². The highest BCUT2D eigenvalue weighted by atomic mass is 16.5. The number of H-pyrrole nitrogens is 1. The van der Waals surface area contributed by atoms with Crippen LogP contribution in [-0.4, -0.2) is 52.1 Å². The number of benzene rings is 3. The van der Waals surface area contributed by atoms with Crippen LogP contribution in [0.5, 0.6) is 0 Å². The summed E-state index contributed by atoms with van der Waals surface area (Å²) >= 11 is 0. The first-order valence-corrected chi connectivity index (χ1v) is 12.3. The molecule has 1 saturated heterocycles. The zero-order chi connectivity index (χ0) is 25.4. The summed E-state index contributed by atoms with van der Waals surface area (Å²) in [5, 5.41) is 7.34. The lowest BCUT2D eigenvalue weighted by Crippen LogP contribution is -2.36. The lowest BCUT2D eigenvalue weighted by atomic mass is 10.1. The lowest BCUT2D eigenvalue weighted by Gasteiger charge is -2.29. The highest BCUT2D eigenvalue weighted by Crippen LogP contribution is 2.29. The number of imidazole rings is 1. The van der Waals surface area contributed by atoms with Crippen molar-refractivity contribution in [1.29, 1.82) is 0 Å². The SMILES string of the molecule is Cc1nc2c(NC(=O)c3cccc(N4CCOCC4)c3)cc(Nc3ncc4cccc(C)c4n3)cc2[nH]1. The molecule has 0 spiro atoms. The van der Waals surface area contributed by atoms with Crippen LogP contribution >= 0.6 is 0 Å². The third-order valence-corrected chi connectivity index (χ3v) is 6.51. The molecule has 186 valence electrons. The number of anilines is 4. The Morgan fingerprint density at radius 2 is 1.84 bits per heavy atom. The van der Waals surface area contributed by atoms with E-state index in [0.717, 1.165) is 52.3 Å². The quantitative estimate of drug-likeness (QED) is 0.318. The second kappa shape index (κ2) is 9.51. The van der Waals surface area contributed by atoms with Crippen molar-refractivity contribution in [2.75, 3.05) is 41.8 Å². The van der Waals surface area contributed by atoms with Crippen molar-refractivity contribution < 1.29 is 9.53 Å². The number of aryl methyl sites for hydroxylation is 2. The van der Waals surface area contributed by atoms with Gasteiger partial charge in [0, 0.05) is 41.6 Å². The minimum Gasteiger partial charge on any atom is -0.378 e. The van der Waals surface area contributed by atoms with E-state index in [4.69, 9.17) is 9.72 Å². The fourth-order valence-corrected chi connectivity index (χ4v) is 4.66. The Bertz CT molecular complexity index is 1620. The standard InChI is InChI=1S/C28H27N7O2/c1-17-5-3-7-20-16-29-28(34-25(17)20)32-21-14-23-26(31-18(2)30-23)24(15-21)33-27(36)19-6-4-8-22(13-19)35-9-11-37-12-10-35/h3-8,13-16H,9-12H2,1-2H3,(H,30,31)(H,33,36)(H,29,32,34). The Morgan fingerprint density at radius 1 is 1.00 bits per heavy atom. The van der Waals surface area contributed by atoms with Gasteiger partial charge in [-0.2, -0.15) is 0 Å². The molecule has 9 heteroatoms. The number of fused-ring (bicyclic) bond motifs is 2. The van der Waals surface area contributed by atoms with Crippen molar-refractivity contribution in [2.24, 2.45) is 0 Å². The van der Waals surface area contributed by atoms with Crippen molar-refractivity contribution in [3.8, 4) is 0 Å². The summed E-state index contributed by atoms with van der Waals surface area (Å²) in [6.45, 7) is 6.91. The van der Waals surface area contributed by atoms with E-state index in [9.17, 15) is 4.79 Å². The van der Waals surface area contributed by atoms with Gasteiger partial charge in [-0.3, -0.25) is 4.79 Å². The van der Waals surface area contributed by atoms with Crippen LogP contribution in [0.2, 0.25) is 0 Å². The molecule has 0 atom stereocenters. The number of carbonyl (C=O) groups excluding carboxylic acids is 1. The van der Waals surface area contributed by atoms with Crippen molar-refractivity contribution in [1.82, 2.24) is 19.9 Å². The maximum atomic E-state index is 13.3. The minimum atomic E-state index is -0.202. The van der Waals surface area contributed by atoms with Crippen LogP contribution in [0.4, 0.5) is 23.0 Å². The average molecular weight is 494 g/mol. The van der Waals surface area contributed by atoms with E-state index in [1.807, 2.05) is 68.4 Å². The summed E-state index contributed by atoms with van der Waals surface area (Å²) < 4.78 is 5.46. The molecular weight excluding hydrogens is 466 g/mol. The molecular formula is C28H27N7O2. The number of rotatable bonds is 5. The fraction of sp³-hybridized carbons (Fsp3) is 0.214. The van der Waals surface area contributed by atoms with Crippen LogP contribution in [0.25, 0.3) is 21.9 Å². The molecule has 5 aromatic rings. The van der Waals surface area contributed by atoms with Gasteiger partial charge in [0.15, 0.2) is 0 Å². The monoisotopic (exact) mass is 493 g/mol. The molecule has 9 nitrogen and oxygen atoms in total. The van der Waals surface area contributed by atoms with Crippen molar-refractivity contribution in [2.45, 2.75) is 13.8 Å². The third-order valence-electron chi connectivity index (χ3n) is 6.51. The number of carbonyl (C=O) groups is 1. The Balaban J connectivity index is 1.30. The molecule has 0 saturated carbocycles. The maximum absolute atomic E-state index is 13.3. The molecule has 2 aromatic heterocycles. The van der Waals surface area contributed by atoms with E-state index in [2.05, 4.69) is 30.5 Å². The number of hydrogen-bond donors (Lipinski definition) is 3. The second-order valence-electron chi connectivity index (χ2n) is 9.18. The second-order valence-corrected chi connectivity index (χ2v) is 9.18. The van der Waals surface area contributed by atoms with Gasteiger partial charge in [0.1, 0.15) is 11.3 Å². The molecule has 0 unspecified atom stereocenters. The Morgan fingerprint density at radius 3 is 2.70 bits per heavy atom. The van der Waals surface area contributed by atoms with E-state index in [1.54, 1.807) is 6.20 Å². The van der Waals surface area contributed by atoms with Gasteiger partial charge in [0.25, 0.3) is 5.91 Å². The molecule has 0 aliphatic carbocycles. The molecule has 1 amide bonds. The number of nitrogens with one attached hydrogen (secondary N) is 3.